The number of esters is 3. The highest BCUT2D eigenvalue weighted by Gasteiger charge is 2.28. The second-order valence-corrected chi connectivity index (χ2v) is 22.3. The average molecular weight is 1120 g/mol. The van der Waals surface area contributed by atoms with Crippen molar-refractivity contribution >= 4 is 25.7 Å². The molecule has 450 valence electrons. The van der Waals surface area contributed by atoms with Crippen LogP contribution in [0.25, 0.3) is 0 Å². The Morgan fingerprint density at radius 3 is 1.04 bits per heavy atom. The molecule has 0 bridgehead atoms. The van der Waals surface area contributed by atoms with Gasteiger partial charge in [0.2, 0.25) is 0 Å². The number of carbonyl (C=O) groups is 3. The van der Waals surface area contributed by atoms with Gasteiger partial charge in [-0.05, 0) is 109 Å². The van der Waals surface area contributed by atoms with Crippen molar-refractivity contribution in [2.24, 2.45) is 0 Å². The van der Waals surface area contributed by atoms with Crippen molar-refractivity contribution < 1.29 is 52.2 Å². The molecule has 0 rings (SSSR count). The lowest BCUT2D eigenvalue weighted by Gasteiger charge is -2.21. The maximum Gasteiger partial charge on any atom is 0.472 e. The van der Waals surface area contributed by atoms with Crippen molar-refractivity contribution in [3.05, 3.63) is 85.1 Å². The first kappa shape index (κ1) is 74.7. The van der Waals surface area contributed by atoms with Crippen LogP contribution in [0.3, 0.4) is 0 Å². The van der Waals surface area contributed by atoms with Crippen LogP contribution in [0.15, 0.2) is 85.1 Å². The Bertz CT molecular complexity index is 1630. The van der Waals surface area contributed by atoms with Crippen molar-refractivity contribution in [2.45, 2.75) is 290 Å². The largest absolute Gasteiger partial charge is 0.472 e. The lowest BCUT2D eigenvalue weighted by molar-refractivity contribution is -0.161. The molecule has 12 heteroatoms. The number of hydrogen-bond donors (Lipinski definition) is 2. The highest BCUT2D eigenvalue weighted by Crippen LogP contribution is 2.43. The minimum atomic E-state index is -4.76. The van der Waals surface area contributed by atoms with Gasteiger partial charge >= 0.3 is 25.7 Å². The quantitative estimate of drug-likeness (QED) is 0.0197. The highest BCUT2D eigenvalue weighted by atomic mass is 31.2. The molecule has 0 saturated carbocycles. The van der Waals surface area contributed by atoms with Crippen LogP contribution >= 0.6 is 7.82 Å². The molecule has 0 fully saturated rings. The van der Waals surface area contributed by atoms with Gasteiger partial charge in [0, 0.05) is 19.3 Å². The predicted molar refractivity (Wildman–Crippen MR) is 325 cm³/mol. The monoisotopic (exact) mass is 1110 g/mol. The number of carbonyl (C=O) groups excluding carboxylic acids is 3. The molecule has 2 N–H and O–H groups in total. The molecule has 0 aromatic carbocycles. The number of phosphoric acid groups is 1. The lowest BCUT2D eigenvalue weighted by Crippen LogP contribution is -2.30. The standard InChI is InChI=1S/C66H115O11P/c1-4-7-10-13-16-19-22-25-28-30-31-33-36-39-42-45-48-51-54-57-66(70)77-63(59-73-64(68)55-52-49-46-43-40-37-34-27-24-21-18-15-12-9-6-3)61-75-78(71,72)74-60-62(58-67)76-65(69)56-53-50-47-44-41-38-35-32-29-26-23-20-17-14-11-8-5-2/h8-9,11-12,17-18,20-21,25-29,34,62-63,67H,4-7,10,13-16,19,22-24,30-33,35-61H2,1-3H3,(H,71,72)/b11-8-,12-9-,20-17-,21-18-,28-25-,29-26-,34-27-. The van der Waals surface area contributed by atoms with E-state index in [9.17, 15) is 28.9 Å². The Kier molecular flexibility index (Phi) is 57.2. The van der Waals surface area contributed by atoms with Crippen molar-refractivity contribution in [1.82, 2.24) is 0 Å². The first-order chi connectivity index (χ1) is 38.2. The zero-order valence-corrected chi connectivity index (χ0v) is 50.8. The smallest absolute Gasteiger partial charge is 0.462 e. The van der Waals surface area contributed by atoms with Crippen LogP contribution in [-0.2, 0) is 42.2 Å². The number of aliphatic hydroxyl groups is 1. The first-order valence-corrected chi connectivity index (χ1v) is 33.0. The molecule has 3 atom stereocenters. The van der Waals surface area contributed by atoms with Gasteiger partial charge in [0.25, 0.3) is 0 Å². The van der Waals surface area contributed by atoms with Crippen molar-refractivity contribution in [3.63, 3.8) is 0 Å². The minimum Gasteiger partial charge on any atom is -0.462 e. The van der Waals surface area contributed by atoms with Gasteiger partial charge in [-0.1, -0.05) is 234 Å². The third-order valence-electron chi connectivity index (χ3n) is 13.3. The molecule has 0 radical (unpaired) electrons. The van der Waals surface area contributed by atoms with Crippen LogP contribution in [-0.4, -0.2) is 66.5 Å². The van der Waals surface area contributed by atoms with Gasteiger partial charge in [0.1, 0.15) is 12.7 Å². The van der Waals surface area contributed by atoms with Crippen LogP contribution in [0.5, 0.6) is 0 Å². The van der Waals surface area contributed by atoms with Crippen molar-refractivity contribution in [3.8, 4) is 0 Å². The molecule has 78 heavy (non-hydrogen) atoms. The molecule has 0 saturated heterocycles. The first-order valence-electron chi connectivity index (χ1n) is 31.5. The van der Waals surface area contributed by atoms with E-state index in [2.05, 4.69) is 106 Å². The summed E-state index contributed by atoms with van der Waals surface area (Å²) in [5.41, 5.74) is 0. The van der Waals surface area contributed by atoms with Crippen LogP contribution in [0, 0.1) is 0 Å². The van der Waals surface area contributed by atoms with Crippen LogP contribution in [0.2, 0.25) is 0 Å². The van der Waals surface area contributed by atoms with E-state index >= 15 is 0 Å². The molecule has 0 spiro atoms. The molecule has 0 aliphatic carbocycles. The van der Waals surface area contributed by atoms with Crippen LogP contribution in [0.4, 0.5) is 0 Å². The third kappa shape index (κ3) is 57.3. The van der Waals surface area contributed by atoms with E-state index in [1.165, 1.54) is 96.3 Å². The Morgan fingerprint density at radius 2 is 0.667 bits per heavy atom. The van der Waals surface area contributed by atoms with E-state index in [1.807, 2.05) is 0 Å². The van der Waals surface area contributed by atoms with E-state index in [4.69, 9.17) is 23.3 Å². The topological polar surface area (TPSA) is 155 Å². The summed E-state index contributed by atoms with van der Waals surface area (Å²) in [5, 5.41) is 9.85. The number of rotatable bonds is 58. The zero-order valence-electron chi connectivity index (χ0n) is 49.9. The number of allylic oxidation sites excluding steroid dienone is 14. The van der Waals surface area contributed by atoms with Crippen LogP contribution < -0.4 is 0 Å². The number of ether oxygens (including phenoxy) is 3. The molecule has 0 amide bonds. The van der Waals surface area contributed by atoms with E-state index in [1.54, 1.807) is 0 Å². The van der Waals surface area contributed by atoms with E-state index in [0.29, 0.717) is 19.3 Å². The summed E-state index contributed by atoms with van der Waals surface area (Å²) in [6.45, 7) is 4.42. The Balaban J connectivity index is 4.71. The molecule has 11 nitrogen and oxygen atoms in total. The van der Waals surface area contributed by atoms with Crippen LogP contribution in [0.1, 0.15) is 278 Å². The molecule has 0 aliphatic rings. The van der Waals surface area contributed by atoms with Crippen molar-refractivity contribution in [2.75, 3.05) is 26.4 Å². The Morgan fingerprint density at radius 1 is 0.372 bits per heavy atom. The molecule has 0 heterocycles. The Hall–Kier alpha value is -3.34. The van der Waals surface area contributed by atoms with Gasteiger partial charge in [0.05, 0.1) is 19.8 Å². The number of unbranched alkanes of at least 4 members (excludes halogenated alkanes) is 27. The normalized spacial score (nSPS) is 13.9. The Labute approximate surface area is 477 Å². The summed E-state index contributed by atoms with van der Waals surface area (Å²) < 4.78 is 39.6. The number of aliphatic hydroxyl groups excluding tert-OH is 1. The van der Waals surface area contributed by atoms with Gasteiger partial charge in [-0.15, -0.1) is 0 Å². The fourth-order valence-corrected chi connectivity index (χ4v) is 9.34. The summed E-state index contributed by atoms with van der Waals surface area (Å²) in [6.07, 6.45) is 69.6. The zero-order chi connectivity index (χ0) is 56.9. The third-order valence-corrected chi connectivity index (χ3v) is 14.2. The fourth-order valence-electron chi connectivity index (χ4n) is 8.56. The number of phosphoric ester groups is 1. The van der Waals surface area contributed by atoms with E-state index < -0.39 is 57.8 Å². The van der Waals surface area contributed by atoms with Gasteiger partial charge in [-0.2, -0.15) is 0 Å². The average Bonchev–Trinajstić information content (AvgIpc) is 3.43. The molecule has 0 aliphatic heterocycles. The molecule has 3 unspecified atom stereocenters. The second-order valence-electron chi connectivity index (χ2n) is 20.8. The summed E-state index contributed by atoms with van der Waals surface area (Å²) in [5.74, 6) is -1.49. The number of hydrogen-bond acceptors (Lipinski definition) is 10. The maximum atomic E-state index is 12.9. The molecule has 0 aromatic rings. The van der Waals surface area contributed by atoms with Gasteiger partial charge in [0.15, 0.2) is 6.10 Å². The summed E-state index contributed by atoms with van der Waals surface area (Å²) >= 11 is 0. The highest BCUT2D eigenvalue weighted by molar-refractivity contribution is 7.47. The summed E-state index contributed by atoms with van der Waals surface area (Å²) in [6, 6.07) is 0. The van der Waals surface area contributed by atoms with E-state index in [-0.39, 0.29) is 25.9 Å². The lowest BCUT2D eigenvalue weighted by atomic mass is 10.1. The predicted octanol–water partition coefficient (Wildman–Crippen LogP) is 19.0. The maximum absolute atomic E-state index is 12.9. The summed E-state index contributed by atoms with van der Waals surface area (Å²) in [4.78, 5) is 48.7. The van der Waals surface area contributed by atoms with Gasteiger partial charge in [-0.25, -0.2) is 4.57 Å². The molecular weight excluding hydrogens is 1000 g/mol. The minimum absolute atomic E-state index is 0.159. The SMILES string of the molecule is CC/C=C\C/C=C\C/C=C\CCCCCCCCCC(=O)OC(CO)COP(=O)(O)OCC(COC(=O)CCCCCCC/C=C\C/C=C\C/C=C\CC)OC(=O)CCCCCCCCCCC/C=C\CCCCCCCC. The molecule has 0 aromatic heterocycles. The second kappa shape index (κ2) is 59.8. The van der Waals surface area contributed by atoms with E-state index in [0.717, 1.165) is 122 Å². The molecular formula is C66H115O11P. The fraction of sp³-hybridized carbons (Fsp3) is 0.742. The van der Waals surface area contributed by atoms with Crippen molar-refractivity contribution in [1.29, 1.82) is 0 Å². The van der Waals surface area contributed by atoms with Gasteiger partial charge < -0.3 is 24.2 Å². The summed E-state index contributed by atoms with van der Waals surface area (Å²) in [7, 11) is -4.76. The van der Waals surface area contributed by atoms with Gasteiger partial charge in [-0.3, -0.25) is 23.4 Å².